The van der Waals surface area contributed by atoms with Crippen molar-refractivity contribution in [1.82, 2.24) is 9.71 Å². The molecule has 0 amide bonds. The lowest BCUT2D eigenvalue weighted by Crippen LogP contribution is -2.29. The molecule has 0 aliphatic carbocycles. The number of sulfonamides is 1. The van der Waals surface area contributed by atoms with E-state index in [4.69, 9.17) is 0 Å². The molecule has 3 rings (SSSR count). The van der Waals surface area contributed by atoms with E-state index in [1.807, 2.05) is 13.0 Å². The molecule has 2 N–H and O–H groups in total. The maximum absolute atomic E-state index is 12.5. The molecule has 1 aromatic heterocycles. The van der Waals surface area contributed by atoms with Gasteiger partial charge in [-0.25, -0.2) is 13.1 Å². The lowest BCUT2D eigenvalue weighted by atomic mass is 10.1. The van der Waals surface area contributed by atoms with E-state index in [0.717, 1.165) is 5.56 Å². The maximum Gasteiger partial charge on any atom is 0.387 e. The number of rotatable bonds is 8. The summed E-state index contributed by atoms with van der Waals surface area (Å²) in [6, 6.07) is 12.6. The van der Waals surface area contributed by atoms with Crippen molar-refractivity contribution in [3.8, 4) is 11.8 Å². The number of hydrogen-bond acceptors (Lipinski definition) is 6. The number of nitrogens with one attached hydrogen (secondary N) is 2. The van der Waals surface area contributed by atoms with Crippen LogP contribution in [0.3, 0.4) is 0 Å². The summed E-state index contributed by atoms with van der Waals surface area (Å²) in [7, 11) is -3.68. The molecule has 30 heavy (non-hydrogen) atoms. The van der Waals surface area contributed by atoms with E-state index in [-0.39, 0.29) is 29.3 Å². The third kappa shape index (κ3) is 5.00. The summed E-state index contributed by atoms with van der Waals surface area (Å²) >= 11 is 0. The Bertz CT molecular complexity index is 1190. The molecule has 0 radical (unpaired) electrons. The van der Waals surface area contributed by atoms with Gasteiger partial charge in [0.15, 0.2) is 0 Å². The number of aryl methyl sites for hydroxylation is 1. The second-order valence-corrected chi connectivity index (χ2v) is 8.12. The normalized spacial score (nSPS) is 11.4. The number of hydrogen-bond donors (Lipinski definition) is 2. The van der Waals surface area contributed by atoms with Gasteiger partial charge in [0.25, 0.3) is 0 Å². The zero-order valence-corrected chi connectivity index (χ0v) is 16.7. The highest BCUT2D eigenvalue weighted by atomic mass is 32.2. The zero-order valence-electron chi connectivity index (χ0n) is 15.9. The average molecular weight is 432 g/mol. The minimum Gasteiger partial charge on any atom is -0.435 e. The van der Waals surface area contributed by atoms with Crippen LogP contribution in [0.25, 0.3) is 10.9 Å². The van der Waals surface area contributed by atoms with Gasteiger partial charge in [-0.15, -0.1) is 0 Å². The van der Waals surface area contributed by atoms with Crippen molar-refractivity contribution in [3.63, 3.8) is 0 Å². The average Bonchev–Trinajstić information content (AvgIpc) is 2.71. The Hall–Kier alpha value is -3.29. The number of fused-ring (bicyclic) bond motifs is 1. The van der Waals surface area contributed by atoms with Crippen molar-refractivity contribution in [1.29, 1.82) is 5.26 Å². The Kier molecular flexibility index (Phi) is 6.44. The van der Waals surface area contributed by atoms with E-state index in [2.05, 4.69) is 19.8 Å². The number of pyridine rings is 1. The highest BCUT2D eigenvalue weighted by molar-refractivity contribution is 7.89. The molecule has 156 valence electrons. The zero-order chi connectivity index (χ0) is 21.7. The number of nitrogens with zero attached hydrogens (tertiary/aromatic N) is 2. The van der Waals surface area contributed by atoms with Gasteiger partial charge in [-0.05, 0) is 37.3 Å². The summed E-state index contributed by atoms with van der Waals surface area (Å²) < 4.78 is 56.6. The van der Waals surface area contributed by atoms with Gasteiger partial charge in [0, 0.05) is 24.7 Å². The van der Waals surface area contributed by atoms with Crippen LogP contribution in [0.5, 0.6) is 5.75 Å². The van der Waals surface area contributed by atoms with Gasteiger partial charge in [-0.1, -0.05) is 17.7 Å². The maximum atomic E-state index is 12.5. The molecule has 0 saturated carbocycles. The van der Waals surface area contributed by atoms with Crippen LogP contribution in [-0.4, -0.2) is 33.1 Å². The number of halogens is 2. The molecule has 0 atom stereocenters. The fourth-order valence-electron chi connectivity index (χ4n) is 2.80. The topological polar surface area (TPSA) is 104 Å². The van der Waals surface area contributed by atoms with Crippen molar-refractivity contribution in [2.45, 2.75) is 18.4 Å². The Morgan fingerprint density at radius 2 is 1.90 bits per heavy atom. The molecule has 0 saturated heterocycles. The van der Waals surface area contributed by atoms with Crippen LogP contribution in [-0.2, 0) is 10.0 Å². The van der Waals surface area contributed by atoms with Crippen LogP contribution >= 0.6 is 0 Å². The SMILES string of the molecule is Cc1ccc(S(=O)(=O)NCCNc2c(C#N)cnc3ccc(OC(F)F)cc23)cc1. The minimum absolute atomic E-state index is 0.0398. The lowest BCUT2D eigenvalue weighted by molar-refractivity contribution is -0.0497. The monoisotopic (exact) mass is 432 g/mol. The van der Waals surface area contributed by atoms with Gasteiger partial charge in [-0.3, -0.25) is 4.98 Å². The smallest absolute Gasteiger partial charge is 0.387 e. The summed E-state index contributed by atoms with van der Waals surface area (Å²) in [5.74, 6) is -0.0717. The number of aromatic nitrogens is 1. The predicted octanol–water partition coefficient (Wildman–Crippen LogP) is 3.41. The fourth-order valence-corrected chi connectivity index (χ4v) is 3.83. The quantitative estimate of drug-likeness (QED) is 0.529. The minimum atomic E-state index is -3.68. The number of ether oxygens (including phenoxy) is 1. The molecule has 3 aromatic rings. The molecule has 0 spiro atoms. The van der Waals surface area contributed by atoms with Crippen molar-refractivity contribution >= 4 is 26.6 Å². The van der Waals surface area contributed by atoms with Gasteiger partial charge in [-0.2, -0.15) is 14.0 Å². The number of benzene rings is 2. The summed E-state index contributed by atoms with van der Waals surface area (Å²) in [5, 5.41) is 12.8. The van der Waals surface area contributed by atoms with Crippen molar-refractivity contribution < 1.29 is 21.9 Å². The van der Waals surface area contributed by atoms with Crippen molar-refractivity contribution in [2.24, 2.45) is 0 Å². The second-order valence-electron chi connectivity index (χ2n) is 6.35. The van der Waals surface area contributed by atoms with E-state index in [0.29, 0.717) is 16.6 Å². The first kappa shape index (κ1) is 21.4. The van der Waals surface area contributed by atoms with Crippen LogP contribution in [0.15, 0.2) is 53.6 Å². The molecule has 0 bridgehead atoms. The first-order valence-corrected chi connectivity index (χ1v) is 10.4. The van der Waals surface area contributed by atoms with E-state index in [1.54, 1.807) is 12.1 Å². The van der Waals surface area contributed by atoms with Crippen LogP contribution in [0.2, 0.25) is 0 Å². The number of alkyl halides is 2. The molecular formula is C20H18F2N4O3S. The largest absolute Gasteiger partial charge is 0.435 e. The predicted molar refractivity (Wildman–Crippen MR) is 108 cm³/mol. The van der Waals surface area contributed by atoms with Crippen molar-refractivity contribution in [3.05, 3.63) is 59.8 Å². The highest BCUT2D eigenvalue weighted by Crippen LogP contribution is 2.29. The van der Waals surface area contributed by atoms with E-state index in [1.165, 1.54) is 36.5 Å². The molecule has 7 nitrogen and oxygen atoms in total. The Balaban J connectivity index is 1.76. The van der Waals surface area contributed by atoms with Crippen LogP contribution in [0.1, 0.15) is 11.1 Å². The van der Waals surface area contributed by atoms with Gasteiger partial charge in [0.05, 0.1) is 21.7 Å². The standard InChI is InChI=1S/C20H18F2N4O3S/c1-13-2-5-16(6-3-13)30(27,28)26-9-8-24-19-14(11-23)12-25-18-7-4-15(10-17(18)19)29-20(21)22/h2-7,10,12,20,26H,8-9H2,1H3,(H,24,25). The summed E-state index contributed by atoms with van der Waals surface area (Å²) in [5.41, 5.74) is 1.97. The van der Waals surface area contributed by atoms with Gasteiger partial charge in [0.2, 0.25) is 10.0 Å². The van der Waals surface area contributed by atoms with E-state index in [9.17, 15) is 22.5 Å². The number of anilines is 1. The van der Waals surface area contributed by atoms with Crippen LogP contribution < -0.4 is 14.8 Å². The van der Waals surface area contributed by atoms with E-state index >= 15 is 0 Å². The molecule has 0 fully saturated rings. The Labute approximate surface area is 172 Å². The fraction of sp³-hybridized carbons (Fsp3) is 0.200. The molecule has 0 unspecified atom stereocenters. The summed E-state index contributed by atoms with van der Waals surface area (Å²) in [6.45, 7) is -0.934. The number of nitriles is 1. The molecule has 0 aliphatic rings. The van der Waals surface area contributed by atoms with Crippen molar-refractivity contribution in [2.75, 3.05) is 18.4 Å². The molecular weight excluding hydrogens is 414 g/mol. The summed E-state index contributed by atoms with van der Waals surface area (Å²) in [4.78, 5) is 4.28. The highest BCUT2D eigenvalue weighted by Gasteiger charge is 2.14. The summed E-state index contributed by atoms with van der Waals surface area (Å²) in [6.07, 6.45) is 1.36. The third-order valence-corrected chi connectivity index (χ3v) is 5.71. The Morgan fingerprint density at radius 1 is 1.17 bits per heavy atom. The van der Waals surface area contributed by atoms with Crippen LogP contribution in [0, 0.1) is 18.3 Å². The molecule has 2 aromatic carbocycles. The molecule has 1 heterocycles. The van der Waals surface area contributed by atoms with E-state index < -0.39 is 16.6 Å². The van der Waals surface area contributed by atoms with Gasteiger partial charge in [0.1, 0.15) is 11.8 Å². The van der Waals surface area contributed by atoms with Gasteiger partial charge >= 0.3 is 6.61 Å². The first-order chi connectivity index (χ1) is 14.3. The lowest BCUT2D eigenvalue weighted by Gasteiger charge is -2.13. The third-order valence-electron chi connectivity index (χ3n) is 4.24. The molecule has 10 heteroatoms. The molecule has 0 aliphatic heterocycles. The second kappa shape index (κ2) is 9.02. The Morgan fingerprint density at radius 3 is 2.57 bits per heavy atom. The first-order valence-electron chi connectivity index (χ1n) is 8.88. The van der Waals surface area contributed by atoms with Gasteiger partial charge < -0.3 is 10.1 Å². The van der Waals surface area contributed by atoms with Crippen LogP contribution in [0.4, 0.5) is 14.5 Å².